The number of piperazine rings is 1. The van der Waals surface area contributed by atoms with Crippen molar-refractivity contribution in [2.45, 2.75) is 19.9 Å². The molecule has 7 heteroatoms. The van der Waals surface area contributed by atoms with Gasteiger partial charge in [-0.3, -0.25) is 10.2 Å². The number of likely N-dealkylation sites (N-methyl/N-ethyl adjacent to an activating group) is 1. The molecule has 2 aromatic heterocycles. The average Bonchev–Trinajstić information content (AvgIpc) is 3.29. The summed E-state index contributed by atoms with van der Waals surface area (Å²) in [5, 5.41) is 5.94. The molecule has 1 aliphatic heterocycles. The quantitative estimate of drug-likeness (QED) is 0.736. The Hall–Kier alpha value is -2.22. The molecule has 0 atom stereocenters. The van der Waals surface area contributed by atoms with Gasteiger partial charge >= 0.3 is 0 Å². The van der Waals surface area contributed by atoms with Crippen molar-refractivity contribution in [3.63, 3.8) is 0 Å². The lowest BCUT2D eigenvalue weighted by molar-refractivity contribution is 0.0658. The molecule has 3 heterocycles. The number of hydrazine groups is 1. The van der Waals surface area contributed by atoms with Crippen LogP contribution in [0.15, 0.2) is 35.7 Å². The molecule has 1 fully saturated rings. The van der Waals surface area contributed by atoms with E-state index in [1.165, 1.54) is 22.2 Å². The van der Waals surface area contributed by atoms with Gasteiger partial charge in [0.05, 0.1) is 5.69 Å². The number of carbonyl (C=O) groups is 1. The van der Waals surface area contributed by atoms with Gasteiger partial charge in [-0.1, -0.05) is 25.1 Å². The second kappa shape index (κ2) is 7.80. The summed E-state index contributed by atoms with van der Waals surface area (Å²) in [5.41, 5.74) is 5.78. The van der Waals surface area contributed by atoms with Gasteiger partial charge in [0.1, 0.15) is 10.7 Å². The molecule has 0 spiro atoms. The van der Waals surface area contributed by atoms with Crippen molar-refractivity contribution in [1.29, 1.82) is 0 Å². The molecule has 4 rings (SSSR count). The highest BCUT2D eigenvalue weighted by molar-refractivity contribution is 7.13. The Kier molecular flexibility index (Phi) is 5.24. The van der Waals surface area contributed by atoms with E-state index >= 15 is 0 Å². The van der Waals surface area contributed by atoms with Crippen LogP contribution < -0.4 is 5.43 Å². The van der Waals surface area contributed by atoms with E-state index in [-0.39, 0.29) is 5.91 Å². The first-order chi connectivity index (χ1) is 13.2. The fourth-order valence-electron chi connectivity index (χ4n) is 3.47. The number of aromatic nitrogens is 2. The Balaban J connectivity index is 1.56. The van der Waals surface area contributed by atoms with Gasteiger partial charge in [-0.05, 0) is 25.6 Å². The van der Waals surface area contributed by atoms with E-state index in [4.69, 9.17) is 0 Å². The summed E-state index contributed by atoms with van der Waals surface area (Å²) in [5.74, 6) is -0.125. The Morgan fingerprint density at radius 1 is 1.22 bits per heavy atom. The van der Waals surface area contributed by atoms with E-state index in [1.807, 2.05) is 10.4 Å². The summed E-state index contributed by atoms with van der Waals surface area (Å²) in [6.07, 6.45) is 1.05. The number of amides is 1. The predicted octanol–water partition coefficient (Wildman–Crippen LogP) is 3.07. The second-order valence-electron chi connectivity index (χ2n) is 7.01. The maximum atomic E-state index is 12.6. The SMILES string of the molecule is CCCn1c(-c2nc(C(=O)NN3CCN(C)CC3)cs2)cc2ccccc21. The number of carbonyl (C=O) groups excluding carboxylic acids is 1. The molecular formula is C20H25N5OS. The number of hydrogen-bond acceptors (Lipinski definition) is 5. The molecule has 0 unspecified atom stereocenters. The first-order valence-corrected chi connectivity index (χ1v) is 10.3. The van der Waals surface area contributed by atoms with Gasteiger partial charge in [0.25, 0.3) is 5.91 Å². The standard InChI is InChI=1S/C20H25N5OS/c1-3-8-25-17-7-5-4-6-15(17)13-18(25)20-21-16(14-27-20)19(26)22-24-11-9-23(2)10-12-24/h4-7,13-14H,3,8-12H2,1-2H3,(H,22,26). The van der Waals surface area contributed by atoms with Crippen LogP contribution in [0.3, 0.4) is 0 Å². The second-order valence-corrected chi connectivity index (χ2v) is 7.87. The normalized spacial score (nSPS) is 16.1. The van der Waals surface area contributed by atoms with Gasteiger partial charge in [-0.25, -0.2) is 9.99 Å². The fraction of sp³-hybridized carbons (Fsp3) is 0.400. The Labute approximate surface area is 163 Å². The first kappa shape index (κ1) is 18.2. The fourth-order valence-corrected chi connectivity index (χ4v) is 4.29. The van der Waals surface area contributed by atoms with Crippen molar-refractivity contribution in [3.05, 3.63) is 41.4 Å². The molecule has 0 radical (unpaired) electrons. The summed E-state index contributed by atoms with van der Waals surface area (Å²) in [7, 11) is 2.10. The number of thiazole rings is 1. The highest BCUT2D eigenvalue weighted by atomic mass is 32.1. The van der Waals surface area contributed by atoms with Crippen LogP contribution in [0.2, 0.25) is 0 Å². The van der Waals surface area contributed by atoms with Gasteiger partial charge in [0, 0.05) is 49.0 Å². The maximum Gasteiger partial charge on any atom is 0.285 e. The lowest BCUT2D eigenvalue weighted by Crippen LogP contribution is -2.52. The maximum absolute atomic E-state index is 12.6. The highest BCUT2D eigenvalue weighted by Gasteiger charge is 2.20. The minimum atomic E-state index is -0.125. The van der Waals surface area contributed by atoms with E-state index in [0.717, 1.165) is 49.8 Å². The summed E-state index contributed by atoms with van der Waals surface area (Å²) < 4.78 is 2.30. The molecule has 142 valence electrons. The molecule has 6 nitrogen and oxygen atoms in total. The first-order valence-electron chi connectivity index (χ1n) is 9.44. The number of rotatable bonds is 5. The van der Waals surface area contributed by atoms with Crippen molar-refractivity contribution in [1.82, 2.24) is 24.9 Å². The zero-order valence-corrected chi connectivity index (χ0v) is 16.6. The van der Waals surface area contributed by atoms with E-state index < -0.39 is 0 Å². The van der Waals surface area contributed by atoms with Gasteiger partial charge in [0.15, 0.2) is 0 Å². The molecule has 27 heavy (non-hydrogen) atoms. The van der Waals surface area contributed by atoms with Crippen LogP contribution in [0.5, 0.6) is 0 Å². The monoisotopic (exact) mass is 383 g/mol. The lowest BCUT2D eigenvalue weighted by Gasteiger charge is -2.32. The molecule has 0 saturated carbocycles. The van der Waals surface area contributed by atoms with Gasteiger partial charge < -0.3 is 9.47 Å². The van der Waals surface area contributed by atoms with Crippen LogP contribution in [0.25, 0.3) is 21.6 Å². The molecule has 1 N–H and O–H groups in total. The molecule has 1 aromatic carbocycles. The smallest absolute Gasteiger partial charge is 0.285 e. The molecule has 1 aliphatic rings. The number of nitrogens with zero attached hydrogens (tertiary/aromatic N) is 4. The third-order valence-electron chi connectivity index (χ3n) is 4.98. The summed E-state index contributed by atoms with van der Waals surface area (Å²) >= 11 is 1.53. The third-order valence-corrected chi connectivity index (χ3v) is 5.84. The van der Waals surface area contributed by atoms with Crippen molar-refractivity contribution in [2.75, 3.05) is 33.2 Å². The van der Waals surface area contributed by atoms with Gasteiger partial charge in [-0.15, -0.1) is 11.3 Å². The van der Waals surface area contributed by atoms with E-state index in [9.17, 15) is 4.79 Å². The van der Waals surface area contributed by atoms with Crippen LogP contribution in [0, 0.1) is 0 Å². The van der Waals surface area contributed by atoms with Crippen molar-refractivity contribution < 1.29 is 4.79 Å². The van der Waals surface area contributed by atoms with Crippen molar-refractivity contribution in [3.8, 4) is 10.7 Å². The van der Waals surface area contributed by atoms with E-state index in [1.54, 1.807) is 0 Å². The van der Waals surface area contributed by atoms with Crippen LogP contribution in [0.1, 0.15) is 23.8 Å². The summed E-state index contributed by atoms with van der Waals surface area (Å²) in [4.78, 5) is 19.5. The number of aryl methyl sites for hydroxylation is 1. The number of para-hydroxylation sites is 1. The molecule has 1 amide bonds. The zero-order chi connectivity index (χ0) is 18.8. The minimum absolute atomic E-state index is 0.125. The topological polar surface area (TPSA) is 53.4 Å². The van der Waals surface area contributed by atoms with Crippen molar-refractivity contribution in [2.24, 2.45) is 0 Å². The van der Waals surface area contributed by atoms with Crippen molar-refractivity contribution >= 4 is 28.1 Å². The average molecular weight is 384 g/mol. The molecule has 0 bridgehead atoms. The van der Waals surface area contributed by atoms with Crippen LogP contribution in [-0.2, 0) is 6.54 Å². The Bertz CT molecular complexity index is 939. The zero-order valence-electron chi connectivity index (χ0n) is 15.8. The molecular weight excluding hydrogens is 358 g/mol. The molecule has 0 aliphatic carbocycles. The number of nitrogens with one attached hydrogen (secondary N) is 1. The third kappa shape index (κ3) is 3.76. The van der Waals surface area contributed by atoms with Gasteiger partial charge in [-0.2, -0.15) is 0 Å². The van der Waals surface area contributed by atoms with E-state index in [0.29, 0.717) is 5.69 Å². The van der Waals surface area contributed by atoms with Crippen LogP contribution in [-0.4, -0.2) is 58.6 Å². The Morgan fingerprint density at radius 3 is 2.78 bits per heavy atom. The largest absolute Gasteiger partial charge is 0.339 e. The minimum Gasteiger partial charge on any atom is -0.339 e. The lowest BCUT2D eigenvalue weighted by atomic mass is 10.2. The van der Waals surface area contributed by atoms with Crippen LogP contribution in [0.4, 0.5) is 0 Å². The van der Waals surface area contributed by atoms with Gasteiger partial charge in [0.2, 0.25) is 0 Å². The summed E-state index contributed by atoms with van der Waals surface area (Å²) in [6.45, 7) is 6.70. The number of benzene rings is 1. The van der Waals surface area contributed by atoms with E-state index in [2.05, 4.69) is 64.2 Å². The predicted molar refractivity (Wildman–Crippen MR) is 110 cm³/mol. The Morgan fingerprint density at radius 2 is 2.00 bits per heavy atom. The molecule has 1 saturated heterocycles. The van der Waals surface area contributed by atoms with Crippen LogP contribution >= 0.6 is 11.3 Å². The molecule has 3 aromatic rings. The number of hydrogen-bond donors (Lipinski definition) is 1. The highest BCUT2D eigenvalue weighted by Crippen LogP contribution is 2.30. The number of fused-ring (bicyclic) bond motifs is 1. The summed E-state index contributed by atoms with van der Waals surface area (Å²) in [6, 6.07) is 10.6.